The normalized spacial score (nSPS) is 18.6. The lowest BCUT2D eigenvalue weighted by Gasteiger charge is -2.38. The third-order valence-electron chi connectivity index (χ3n) is 8.25. The molecule has 0 aliphatic carbocycles. The summed E-state index contributed by atoms with van der Waals surface area (Å²) in [7, 11) is 0. The van der Waals surface area contributed by atoms with Crippen LogP contribution in [0.4, 0.5) is 11.5 Å². The maximum absolute atomic E-state index is 11.9. The summed E-state index contributed by atoms with van der Waals surface area (Å²) in [5, 5.41) is 8.53. The molecule has 0 saturated carbocycles. The largest absolute Gasteiger partial charge is 0.462 e. The van der Waals surface area contributed by atoms with Crippen molar-refractivity contribution in [3.05, 3.63) is 35.2 Å². The highest BCUT2D eigenvalue weighted by atomic mass is 16.5. The zero-order valence-electron chi connectivity index (χ0n) is 22.6. The number of rotatable bonds is 6. The molecule has 6 rings (SSSR count). The number of H-pyrrole nitrogens is 1. The second kappa shape index (κ2) is 10.8. The molecule has 1 N–H and O–H groups in total. The Balaban J connectivity index is 1.27. The Kier molecular flexibility index (Phi) is 7.06. The van der Waals surface area contributed by atoms with Gasteiger partial charge < -0.3 is 19.4 Å². The van der Waals surface area contributed by atoms with Crippen LogP contribution in [0.2, 0.25) is 0 Å². The third-order valence-corrected chi connectivity index (χ3v) is 8.25. The molecular formula is C28H38N8O2. The van der Waals surface area contributed by atoms with E-state index < -0.39 is 0 Å². The fourth-order valence-corrected chi connectivity index (χ4v) is 6.12. The van der Waals surface area contributed by atoms with Gasteiger partial charge >= 0.3 is 6.01 Å². The number of aromatic amines is 1. The molecule has 10 heteroatoms. The first kappa shape index (κ1) is 24.9. The van der Waals surface area contributed by atoms with E-state index in [0.29, 0.717) is 32.3 Å². The molecule has 2 aromatic heterocycles. The molecule has 0 unspecified atom stereocenters. The van der Waals surface area contributed by atoms with Gasteiger partial charge in [-0.05, 0) is 50.9 Å². The minimum absolute atomic E-state index is 0.135. The first-order chi connectivity index (χ1) is 18.6. The van der Waals surface area contributed by atoms with Crippen LogP contribution < -0.4 is 14.5 Å². The summed E-state index contributed by atoms with van der Waals surface area (Å²) in [4.78, 5) is 30.9. The quantitative estimate of drug-likeness (QED) is 0.533. The predicted octanol–water partition coefficient (Wildman–Crippen LogP) is 2.76. The molecule has 1 aromatic carbocycles. The number of aryl methyl sites for hydroxylation is 1. The Morgan fingerprint density at radius 1 is 1.00 bits per heavy atom. The van der Waals surface area contributed by atoms with E-state index in [0.717, 1.165) is 68.1 Å². The molecule has 1 amide bonds. The number of benzene rings is 1. The van der Waals surface area contributed by atoms with Gasteiger partial charge in [0.1, 0.15) is 12.4 Å². The zero-order valence-corrected chi connectivity index (χ0v) is 22.6. The van der Waals surface area contributed by atoms with E-state index in [-0.39, 0.29) is 5.91 Å². The highest BCUT2D eigenvalue weighted by molar-refractivity contribution is 5.93. The summed E-state index contributed by atoms with van der Waals surface area (Å²) in [5.41, 5.74) is 5.73. The molecular weight excluding hydrogens is 480 g/mol. The maximum atomic E-state index is 11.9. The fraction of sp³-hybridized carbons (Fsp3) is 0.571. The number of hydrogen-bond donors (Lipinski definition) is 1. The highest BCUT2D eigenvalue weighted by Gasteiger charge is 2.29. The van der Waals surface area contributed by atoms with Gasteiger partial charge in [0.2, 0.25) is 5.91 Å². The summed E-state index contributed by atoms with van der Waals surface area (Å²) in [6, 6.07) is 4.71. The fourth-order valence-electron chi connectivity index (χ4n) is 6.12. The van der Waals surface area contributed by atoms with Crippen molar-refractivity contribution in [2.75, 3.05) is 68.8 Å². The van der Waals surface area contributed by atoms with Crippen LogP contribution in [0, 0.1) is 6.92 Å². The van der Waals surface area contributed by atoms with Gasteiger partial charge in [-0.2, -0.15) is 15.1 Å². The van der Waals surface area contributed by atoms with E-state index in [1.165, 1.54) is 36.1 Å². The predicted molar refractivity (Wildman–Crippen MR) is 148 cm³/mol. The number of piperazine rings is 1. The molecule has 2 fully saturated rings. The van der Waals surface area contributed by atoms with Gasteiger partial charge in [-0.1, -0.05) is 12.5 Å². The molecule has 5 heterocycles. The van der Waals surface area contributed by atoms with E-state index in [9.17, 15) is 4.79 Å². The van der Waals surface area contributed by atoms with E-state index in [4.69, 9.17) is 14.7 Å². The number of nitrogens with zero attached hydrogens (tertiary/aromatic N) is 7. The van der Waals surface area contributed by atoms with Crippen molar-refractivity contribution in [1.29, 1.82) is 0 Å². The number of carbonyl (C=O) groups excluding carboxylic acids is 1. The van der Waals surface area contributed by atoms with E-state index >= 15 is 0 Å². The second-order valence-corrected chi connectivity index (χ2v) is 10.7. The van der Waals surface area contributed by atoms with Gasteiger partial charge in [0, 0.05) is 57.1 Å². The zero-order chi connectivity index (χ0) is 26.1. The van der Waals surface area contributed by atoms with Crippen LogP contribution in [0.5, 0.6) is 6.01 Å². The Morgan fingerprint density at radius 2 is 1.82 bits per heavy atom. The summed E-state index contributed by atoms with van der Waals surface area (Å²) in [5.74, 6) is 1.11. The van der Waals surface area contributed by atoms with Gasteiger partial charge in [-0.3, -0.25) is 14.8 Å². The van der Waals surface area contributed by atoms with Crippen LogP contribution in [0.1, 0.15) is 43.0 Å². The van der Waals surface area contributed by atoms with E-state index in [2.05, 4.69) is 44.0 Å². The Hall–Kier alpha value is -3.40. The SMILES string of the molecule is CC(=O)N1CCN(c2nc(OCCN3CCCCC3)nc3c2CCN(c2c(C)ccc4[nH]ncc24)C3)CC1. The smallest absolute Gasteiger partial charge is 0.318 e. The Morgan fingerprint density at radius 3 is 2.61 bits per heavy atom. The third kappa shape index (κ3) is 5.01. The molecule has 0 spiro atoms. The highest BCUT2D eigenvalue weighted by Crippen LogP contribution is 2.35. The van der Waals surface area contributed by atoms with Gasteiger partial charge in [0.25, 0.3) is 0 Å². The molecule has 0 atom stereocenters. The lowest BCUT2D eigenvalue weighted by molar-refractivity contribution is -0.129. The van der Waals surface area contributed by atoms with Gasteiger partial charge in [-0.25, -0.2) is 0 Å². The molecule has 10 nitrogen and oxygen atoms in total. The van der Waals surface area contributed by atoms with Crippen molar-refractivity contribution in [2.45, 2.75) is 46.1 Å². The average molecular weight is 519 g/mol. The second-order valence-electron chi connectivity index (χ2n) is 10.7. The topological polar surface area (TPSA) is 93.7 Å². The number of amides is 1. The van der Waals surface area contributed by atoms with E-state index in [1.807, 2.05) is 11.1 Å². The molecule has 3 aliphatic rings. The number of ether oxygens (including phenoxy) is 1. The van der Waals surface area contributed by atoms with Crippen LogP contribution in [-0.2, 0) is 17.8 Å². The summed E-state index contributed by atoms with van der Waals surface area (Å²) >= 11 is 0. The number of anilines is 2. The van der Waals surface area contributed by atoms with Crippen molar-refractivity contribution >= 4 is 28.3 Å². The van der Waals surface area contributed by atoms with Gasteiger partial charge in [0.15, 0.2) is 0 Å². The standard InChI is InChI=1S/C28H38N8O2/c1-20-6-7-24-23(18-29-32-24)26(20)36-11-8-22-25(19-36)30-28(38-17-16-33-9-4-3-5-10-33)31-27(22)35-14-12-34(13-15-35)21(2)37/h6-7,18H,3-5,8-17,19H2,1-2H3,(H,29,32). The molecule has 202 valence electrons. The van der Waals surface area contributed by atoms with Crippen LogP contribution >= 0.6 is 0 Å². The van der Waals surface area contributed by atoms with Gasteiger partial charge in [-0.15, -0.1) is 0 Å². The van der Waals surface area contributed by atoms with Crippen molar-refractivity contribution in [2.24, 2.45) is 0 Å². The number of aromatic nitrogens is 4. The van der Waals surface area contributed by atoms with Crippen LogP contribution in [0.3, 0.4) is 0 Å². The van der Waals surface area contributed by atoms with Gasteiger partial charge in [0.05, 0.1) is 29.6 Å². The van der Waals surface area contributed by atoms with Crippen LogP contribution in [-0.4, -0.2) is 94.8 Å². The average Bonchev–Trinajstić information content (AvgIpc) is 3.42. The lowest BCUT2D eigenvalue weighted by atomic mass is 10.0. The number of likely N-dealkylation sites (tertiary alicyclic amines) is 1. The van der Waals surface area contributed by atoms with Crippen molar-refractivity contribution in [1.82, 2.24) is 30.0 Å². The minimum Gasteiger partial charge on any atom is -0.462 e. The molecule has 38 heavy (non-hydrogen) atoms. The van der Waals surface area contributed by atoms with Crippen LogP contribution in [0.25, 0.3) is 10.9 Å². The molecule has 0 radical (unpaired) electrons. The van der Waals surface area contributed by atoms with Crippen LogP contribution in [0.15, 0.2) is 18.3 Å². The maximum Gasteiger partial charge on any atom is 0.318 e. The minimum atomic E-state index is 0.135. The molecule has 3 aliphatic heterocycles. The Labute approximate surface area is 224 Å². The molecule has 3 aromatic rings. The number of fused-ring (bicyclic) bond motifs is 2. The monoisotopic (exact) mass is 518 g/mol. The summed E-state index contributed by atoms with van der Waals surface area (Å²) < 4.78 is 6.20. The van der Waals surface area contributed by atoms with Crippen molar-refractivity contribution < 1.29 is 9.53 Å². The molecule has 0 bridgehead atoms. The first-order valence-electron chi connectivity index (χ1n) is 14.0. The lowest BCUT2D eigenvalue weighted by Crippen LogP contribution is -2.49. The number of nitrogens with one attached hydrogen (secondary N) is 1. The van der Waals surface area contributed by atoms with Crippen molar-refractivity contribution in [3.8, 4) is 6.01 Å². The number of piperidine rings is 1. The summed E-state index contributed by atoms with van der Waals surface area (Å²) in [6.45, 7) is 12.2. The summed E-state index contributed by atoms with van der Waals surface area (Å²) in [6.07, 6.45) is 6.64. The first-order valence-corrected chi connectivity index (χ1v) is 14.0. The number of carbonyl (C=O) groups is 1. The van der Waals surface area contributed by atoms with Crippen molar-refractivity contribution in [3.63, 3.8) is 0 Å². The Bertz CT molecular complexity index is 1290. The van der Waals surface area contributed by atoms with E-state index in [1.54, 1.807) is 6.92 Å². The molecule has 2 saturated heterocycles. The number of hydrogen-bond acceptors (Lipinski definition) is 8.